The maximum Gasteiger partial charge on any atom is 0.501 e. The van der Waals surface area contributed by atoms with Crippen LogP contribution in [0.1, 0.15) is 61.4 Å². The number of allylic oxidation sites excluding steroid dienone is 1. The number of piperidine rings is 1. The van der Waals surface area contributed by atoms with Crippen LogP contribution in [0.25, 0.3) is 5.57 Å². The highest BCUT2D eigenvalue weighted by molar-refractivity contribution is 7.99. The molecule has 0 bridgehead atoms. The second-order valence-corrected chi connectivity index (χ2v) is 25.1. The van der Waals surface area contributed by atoms with Gasteiger partial charge in [-0.2, -0.15) is 13.2 Å². The molecule has 3 heterocycles. The van der Waals surface area contributed by atoms with Crippen molar-refractivity contribution in [1.29, 1.82) is 0 Å². The number of likely N-dealkylation sites (tertiary alicyclic amines) is 1. The Morgan fingerprint density at radius 2 is 1.53 bits per heavy atom. The van der Waals surface area contributed by atoms with Gasteiger partial charge in [0.1, 0.15) is 4.90 Å². The topological polar surface area (TPSA) is 134 Å². The van der Waals surface area contributed by atoms with Crippen molar-refractivity contribution in [3.8, 4) is 0 Å². The van der Waals surface area contributed by atoms with Crippen molar-refractivity contribution >= 4 is 78.5 Å². The molecule has 8 rings (SSSR count). The minimum atomic E-state index is -6.16. The second kappa shape index (κ2) is 24.6. The Labute approximate surface area is 447 Å². The molecule has 0 unspecified atom stereocenters. The van der Waals surface area contributed by atoms with Gasteiger partial charge in [-0.25, -0.2) is 30.3 Å². The van der Waals surface area contributed by atoms with Gasteiger partial charge in [-0.05, 0) is 122 Å². The normalized spacial score (nSPS) is 20.9. The average Bonchev–Trinajstić information content (AvgIpc) is 3.35. The van der Waals surface area contributed by atoms with Gasteiger partial charge >= 0.3 is 5.51 Å². The number of amides is 1. The van der Waals surface area contributed by atoms with Crippen molar-refractivity contribution in [1.82, 2.24) is 24.7 Å². The summed E-state index contributed by atoms with van der Waals surface area (Å²) in [6.45, 7) is 11.5. The van der Waals surface area contributed by atoms with E-state index >= 15 is 0 Å². The third-order valence-corrected chi connectivity index (χ3v) is 18.5. The van der Waals surface area contributed by atoms with Gasteiger partial charge in [-0.1, -0.05) is 54.4 Å². The molecule has 3 saturated heterocycles. The number of anilines is 2. The number of benzene rings is 4. The van der Waals surface area contributed by atoms with Gasteiger partial charge in [0.25, 0.3) is 31.7 Å². The number of halogens is 7. The zero-order valence-electron chi connectivity index (χ0n) is 41.2. The summed E-state index contributed by atoms with van der Waals surface area (Å²) >= 11 is 7.61. The Balaban J connectivity index is 0.00000800. The summed E-state index contributed by atoms with van der Waals surface area (Å²) in [6, 6.07) is 25.0. The van der Waals surface area contributed by atoms with Gasteiger partial charge in [-0.15, -0.1) is 24.2 Å². The van der Waals surface area contributed by atoms with Crippen molar-refractivity contribution in [3.63, 3.8) is 0 Å². The minimum Gasteiger partial charge on any atom is -0.380 e. The van der Waals surface area contributed by atoms with Crippen LogP contribution < -0.4 is 20.3 Å². The number of hydrogen-bond acceptors (Lipinski definition) is 12. The standard InChI is InChI=1S/C52H63ClF5N7O5S3.ClH/c1-50(36-64-26-22-59-23-27-64)21-18-46(38-8-12-41(53)13-9-38)40(33-50)34-62-28-30-65(31-29-62)43-14-10-39(11-15-43)49(66)61-73(69,70)45-16-17-47(48(32-45)72(67,68)52(56,57)58)60-42(35-71-44-6-3-2-4-7-44)19-25-63-24-5-20-51(54,55)37-63;/h2-4,6-17,32,42,59-60H,5,18-31,33-37H2,1H3,(H,61,66);1H/t42-,50-;/m1./s1. The molecule has 0 radical (unpaired) electrons. The fourth-order valence-corrected chi connectivity index (χ4v) is 13.5. The van der Waals surface area contributed by atoms with Gasteiger partial charge in [0, 0.05) is 111 Å². The molecule has 1 amide bonds. The van der Waals surface area contributed by atoms with Gasteiger partial charge in [0.05, 0.1) is 17.1 Å². The lowest BCUT2D eigenvalue weighted by Gasteiger charge is -2.43. The van der Waals surface area contributed by atoms with Crippen LogP contribution in [0.3, 0.4) is 0 Å². The highest BCUT2D eigenvalue weighted by Gasteiger charge is 2.49. The fraction of sp³-hybridized carbons (Fsp3) is 0.481. The number of nitrogens with one attached hydrogen (secondary N) is 3. The number of nitrogens with zero attached hydrogens (tertiary/aromatic N) is 4. The van der Waals surface area contributed by atoms with Crippen molar-refractivity contribution in [3.05, 3.63) is 119 Å². The van der Waals surface area contributed by atoms with Crippen LogP contribution in [-0.4, -0.2) is 146 Å². The summed E-state index contributed by atoms with van der Waals surface area (Å²) in [5, 5.41) is 7.03. The molecular formula is C52H64Cl2F5N7O5S3. The zero-order valence-corrected chi connectivity index (χ0v) is 45.2. The summed E-state index contributed by atoms with van der Waals surface area (Å²) in [5.74, 6) is -3.76. The van der Waals surface area contributed by atoms with Crippen LogP contribution in [0.2, 0.25) is 5.02 Å². The smallest absolute Gasteiger partial charge is 0.380 e. The van der Waals surface area contributed by atoms with Crippen LogP contribution >= 0.6 is 35.8 Å². The number of carbonyl (C=O) groups excluding carboxylic acids is 1. The highest BCUT2D eigenvalue weighted by atomic mass is 35.5. The van der Waals surface area contributed by atoms with Crippen LogP contribution in [0.5, 0.6) is 0 Å². The van der Waals surface area contributed by atoms with E-state index in [0.29, 0.717) is 30.7 Å². The van der Waals surface area contributed by atoms with Gasteiger partial charge in [0.2, 0.25) is 0 Å². The molecule has 12 nitrogen and oxygen atoms in total. The number of piperazine rings is 2. The van der Waals surface area contributed by atoms with Crippen LogP contribution in [0.4, 0.5) is 33.3 Å². The molecule has 0 spiro atoms. The van der Waals surface area contributed by atoms with E-state index in [2.05, 4.69) is 44.4 Å². The Morgan fingerprint density at radius 3 is 2.19 bits per heavy atom. The summed E-state index contributed by atoms with van der Waals surface area (Å²) in [7, 11) is -11.1. The van der Waals surface area contributed by atoms with Gasteiger partial charge in [-0.3, -0.25) is 14.6 Å². The van der Waals surface area contributed by atoms with E-state index in [1.54, 1.807) is 35.2 Å². The van der Waals surface area contributed by atoms with Crippen LogP contribution in [0, 0.1) is 5.41 Å². The highest BCUT2D eigenvalue weighted by Crippen LogP contribution is 2.44. The molecule has 22 heteroatoms. The monoisotopic (exact) mass is 1130 g/mol. The van der Waals surface area contributed by atoms with E-state index in [1.165, 1.54) is 40.6 Å². The Morgan fingerprint density at radius 1 is 0.838 bits per heavy atom. The Kier molecular flexibility index (Phi) is 19.2. The molecule has 4 aromatic carbocycles. The third-order valence-electron chi connectivity index (χ3n) is 14.2. The van der Waals surface area contributed by atoms with Crippen molar-refractivity contribution in [2.24, 2.45) is 5.41 Å². The SMILES string of the molecule is C[C@@]1(CN2CCNCC2)CCC(c2ccc(Cl)cc2)=C(CN2CCN(c3ccc(C(=O)NS(=O)(=O)c4ccc(N[C@H](CCN5CCCC(F)(F)C5)CSc5ccccc5)c(S(=O)(=O)C(F)(F)F)c4)cc3)CC2)C1.Cl. The molecule has 1 aliphatic carbocycles. The van der Waals surface area contributed by atoms with E-state index in [1.807, 2.05) is 29.0 Å². The lowest BCUT2D eigenvalue weighted by Crippen LogP contribution is -2.49. The van der Waals surface area contributed by atoms with E-state index < -0.39 is 65.3 Å². The molecule has 0 saturated carbocycles. The van der Waals surface area contributed by atoms with Gasteiger partial charge in [0.15, 0.2) is 0 Å². The molecule has 3 fully saturated rings. The first kappa shape index (κ1) is 57.7. The minimum absolute atomic E-state index is 0. The lowest BCUT2D eigenvalue weighted by atomic mass is 9.71. The molecule has 74 heavy (non-hydrogen) atoms. The number of rotatable bonds is 18. The van der Waals surface area contributed by atoms with Crippen LogP contribution in [0.15, 0.2) is 117 Å². The van der Waals surface area contributed by atoms with Crippen molar-refractivity contribution in [2.45, 2.75) is 77.6 Å². The zero-order chi connectivity index (χ0) is 52.0. The maximum atomic E-state index is 14.3. The van der Waals surface area contributed by atoms with E-state index in [4.69, 9.17) is 11.6 Å². The predicted molar refractivity (Wildman–Crippen MR) is 286 cm³/mol. The van der Waals surface area contributed by atoms with Gasteiger partial charge < -0.3 is 20.4 Å². The number of thioether (sulfide) groups is 1. The molecular weight excluding hydrogens is 1060 g/mol. The second-order valence-electron chi connectivity index (χ2n) is 19.9. The fourth-order valence-electron chi connectivity index (χ4n) is 10.3. The summed E-state index contributed by atoms with van der Waals surface area (Å²) in [6.07, 6.45) is 3.27. The number of sulfone groups is 1. The Hall–Kier alpha value is -3.99. The number of sulfonamides is 1. The molecule has 3 N–H and O–H groups in total. The first-order chi connectivity index (χ1) is 34.7. The third kappa shape index (κ3) is 14.9. The quantitative estimate of drug-likeness (QED) is 0.0648. The molecule has 404 valence electrons. The van der Waals surface area contributed by atoms with Crippen molar-refractivity contribution < 1.29 is 43.6 Å². The molecule has 4 aromatic rings. The van der Waals surface area contributed by atoms with Crippen LogP contribution in [-0.2, 0) is 19.9 Å². The molecule has 2 atom stereocenters. The first-order valence-electron chi connectivity index (χ1n) is 24.7. The maximum absolute atomic E-state index is 14.3. The lowest BCUT2D eigenvalue weighted by molar-refractivity contribution is -0.0641. The molecule has 0 aromatic heterocycles. The summed E-state index contributed by atoms with van der Waals surface area (Å²) < 4.78 is 127. The van der Waals surface area contributed by atoms with E-state index in [-0.39, 0.29) is 54.9 Å². The number of alkyl halides is 5. The first-order valence-corrected chi connectivity index (χ1v) is 29.0. The van der Waals surface area contributed by atoms with E-state index in [9.17, 15) is 43.6 Å². The predicted octanol–water partition coefficient (Wildman–Crippen LogP) is 9.54. The summed E-state index contributed by atoms with van der Waals surface area (Å²) in [4.78, 5) is 20.8. The van der Waals surface area contributed by atoms with Crippen molar-refractivity contribution in [2.75, 3.05) is 101 Å². The average molecular weight is 1130 g/mol. The number of carbonyl (C=O) groups is 1. The molecule has 4 aliphatic rings. The number of hydrogen-bond donors (Lipinski definition) is 3. The summed E-state index contributed by atoms with van der Waals surface area (Å²) in [5.41, 5.74) is -1.35. The Bertz CT molecular complexity index is 2800. The molecule has 3 aliphatic heterocycles. The van der Waals surface area contributed by atoms with E-state index in [0.717, 1.165) is 94.3 Å². The largest absolute Gasteiger partial charge is 0.501 e.